The molecule has 1 fully saturated rings. The first kappa shape index (κ1) is 23.2. The number of rotatable bonds is 10. The van der Waals surface area contributed by atoms with Gasteiger partial charge in [0, 0.05) is 46.7 Å². The molecule has 1 aliphatic rings. The van der Waals surface area contributed by atoms with Gasteiger partial charge in [0.25, 0.3) is 5.91 Å². The molecule has 33 heavy (non-hydrogen) atoms. The maximum absolute atomic E-state index is 12.5. The van der Waals surface area contributed by atoms with E-state index in [1.165, 1.54) is 12.8 Å². The van der Waals surface area contributed by atoms with Crippen molar-refractivity contribution in [3.05, 3.63) is 60.3 Å². The van der Waals surface area contributed by atoms with E-state index in [0.29, 0.717) is 37.1 Å². The third kappa shape index (κ3) is 6.11. The summed E-state index contributed by atoms with van der Waals surface area (Å²) < 4.78 is 7.57. The van der Waals surface area contributed by atoms with Gasteiger partial charge < -0.3 is 19.9 Å². The van der Waals surface area contributed by atoms with Crippen LogP contribution in [0, 0.1) is 0 Å². The number of nitrogens with one attached hydrogen (secondary N) is 2. The SMILES string of the molecule is CCOc1ccc(C(=O)NCCn2cc(SCC(=O)NC3CCCC3)c3ccccc32)cc1. The molecule has 2 aromatic carbocycles. The molecular weight excluding hydrogens is 434 g/mol. The minimum absolute atomic E-state index is 0.103. The minimum Gasteiger partial charge on any atom is -0.494 e. The molecule has 0 unspecified atom stereocenters. The Morgan fingerprint density at radius 3 is 2.61 bits per heavy atom. The van der Waals surface area contributed by atoms with Crippen LogP contribution in [0.25, 0.3) is 10.9 Å². The van der Waals surface area contributed by atoms with Crippen LogP contribution < -0.4 is 15.4 Å². The number of carbonyl (C=O) groups is 2. The number of carbonyl (C=O) groups excluding carboxylic acids is 2. The lowest BCUT2D eigenvalue weighted by atomic mass is 10.2. The van der Waals surface area contributed by atoms with Crippen molar-refractivity contribution in [1.82, 2.24) is 15.2 Å². The number of nitrogens with zero attached hydrogens (tertiary/aromatic N) is 1. The van der Waals surface area contributed by atoms with Crippen molar-refractivity contribution in [3.8, 4) is 5.75 Å². The first-order chi connectivity index (χ1) is 16.1. The summed E-state index contributed by atoms with van der Waals surface area (Å²) >= 11 is 1.57. The molecule has 2 amide bonds. The molecule has 0 spiro atoms. The van der Waals surface area contributed by atoms with E-state index in [4.69, 9.17) is 4.74 Å². The van der Waals surface area contributed by atoms with Crippen molar-refractivity contribution in [1.29, 1.82) is 0 Å². The normalized spacial score (nSPS) is 13.8. The topological polar surface area (TPSA) is 72.4 Å². The predicted octanol–water partition coefficient (Wildman–Crippen LogP) is 4.62. The van der Waals surface area contributed by atoms with Crippen LogP contribution in [0.5, 0.6) is 5.75 Å². The van der Waals surface area contributed by atoms with E-state index in [2.05, 4.69) is 33.5 Å². The van der Waals surface area contributed by atoms with Crippen molar-refractivity contribution in [3.63, 3.8) is 0 Å². The van der Waals surface area contributed by atoms with Gasteiger partial charge in [-0.2, -0.15) is 0 Å². The lowest BCUT2D eigenvalue weighted by molar-refractivity contribution is -0.119. The molecule has 4 rings (SSSR count). The van der Waals surface area contributed by atoms with Crippen molar-refractivity contribution >= 4 is 34.5 Å². The molecule has 1 heterocycles. The number of para-hydroxylation sites is 1. The first-order valence-corrected chi connectivity index (χ1v) is 12.6. The van der Waals surface area contributed by atoms with Gasteiger partial charge >= 0.3 is 0 Å². The molecule has 2 N–H and O–H groups in total. The van der Waals surface area contributed by atoms with E-state index in [1.807, 2.05) is 31.2 Å². The van der Waals surface area contributed by atoms with Gasteiger partial charge in [-0.15, -0.1) is 11.8 Å². The fourth-order valence-corrected chi connectivity index (χ4v) is 5.16. The van der Waals surface area contributed by atoms with Gasteiger partial charge in [0.05, 0.1) is 12.4 Å². The Morgan fingerprint density at radius 2 is 1.85 bits per heavy atom. The summed E-state index contributed by atoms with van der Waals surface area (Å²) in [5.74, 6) is 1.17. The van der Waals surface area contributed by atoms with E-state index >= 15 is 0 Å². The van der Waals surface area contributed by atoms with Crippen LogP contribution in [0.1, 0.15) is 43.0 Å². The number of aromatic nitrogens is 1. The maximum Gasteiger partial charge on any atom is 0.251 e. The molecule has 174 valence electrons. The number of ether oxygens (including phenoxy) is 1. The highest BCUT2D eigenvalue weighted by Crippen LogP contribution is 2.30. The zero-order chi connectivity index (χ0) is 23.0. The Bertz CT molecular complexity index is 1090. The summed E-state index contributed by atoms with van der Waals surface area (Å²) in [6.07, 6.45) is 6.69. The smallest absolute Gasteiger partial charge is 0.251 e. The van der Waals surface area contributed by atoms with Gasteiger partial charge in [-0.25, -0.2) is 0 Å². The zero-order valence-electron chi connectivity index (χ0n) is 19.0. The average molecular weight is 466 g/mol. The number of benzene rings is 2. The summed E-state index contributed by atoms with van der Waals surface area (Å²) in [7, 11) is 0. The number of thioether (sulfide) groups is 1. The van der Waals surface area contributed by atoms with E-state index in [0.717, 1.165) is 34.4 Å². The average Bonchev–Trinajstić information content (AvgIpc) is 3.46. The third-order valence-electron chi connectivity index (χ3n) is 5.90. The molecular formula is C26H31N3O3S. The fourth-order valence-electron chi connectivity index (χ4n) is 4.26. The minimum atomic E-state index is -0.104. The highest BCUT2D eigenvalue weighted by atomic mass is 32.2. The molecule has 0 aliphatic heterocycles. The second-order valence-corrected chi connectivity index (χ2v) is 9.27. The Hall–Kier alpha value is -2.93. The van der Waals surface area contributed by atoms with Crippen LogP contribution in [0.3, 0.4) is 0 Å². The summed E-state index contributed by atoms with van der Waals surface area (Å²) in [4.78, 5) is 25.9. The summed E-state index contributed by atoms with van der Waals surface area (Å²) in [5, 5.41) is 7.28. The summed E-state index contributed by atoms with van der Waals surface area (Å²) in [5.41, 5.74) is 1.71. The second-order valence-electron chi connectivity index (χ2n) is 8.25. The Balaban J connectivity index is 1.33. The van der Waals surface area contributed by atoms with Crippen molar-refractivity contribution in [2.75, 3.05) is 18.9 Å². The lowest BCUT2D eigenvalue weighted by Crippen LogP contribution is -2.33. The van der Waals surface area contributed by atoms with Crippen LogP contribution in [0.2, 0.25) is 0 Å². The molecule has 1 aromatic heterocycles. The third-order valence-corrected chi connectivity index (χ3v) is 6.94. The van der Waals surface area contributed by atoms with Gasteiger partial charge in [0.1, 0.15) is 5.75 Å². The van der Waals surface area contributed by atoms with Gasteiger partial charge in [-0.05, 0) is 50.1 Å². The summed E-state index contributed by atoms with van der Waals surface area (Å²) in [6.45, 7) is 3.69. The monoisotopic (exact) mass is 465 g/mol. The van der Waals surface area contributed by atoms with E-state index < -0.39 is 0 Å². The number of hydrogen-bond acceptors (Lipinski definition) is 4. The van der Waals surface area contributed by atoms with E-state index in [1.54, 1.807) is 23.9 Å². The lowest BCUT2D eigenvalue weighted by Gasteiger charge is -2.11. The maximum atomic E-state index is 12.5. The van der Waals surface area contributed by atoms with Gasteiger partial charge in [0.15, 0.2) is 0 Å². The van der Waals surface area contributed by atoms with Crippen LogP contribution in [0.15, 0.2) is 59.6 Å². The van der Waals surface area contributed by atoms with Crippen molar-refractivity contribution in [2.45, 2.75) is 50.1 Å². The Morgan fingerprint density at radius 1 is 1.09 bits per heavy atom. The summed E-state index contributed by atoms with van der Waals surface area (Å²) in [6, 6.07) is 15.7. The molecule has 3 aromatic rings. The molecule has 6 nitrogen and oxygen atoms in total. The molecule has 0 radical (unpaired) electrons. The largest absolute Gasteiger partial charge is 0.494 e. The van der Waals surface area contributed by atoms with Gasteiger partial charge in [0.2, 0.25) is 5.91 Å². The molecule has 1 saturated carbocycles. The standard InChI is InChI=1S/C26H31N3O3S/c1-2-32-21-13-11-19(12-14-21)26(31)27-15-16-29-17-24(22-9-5-6-10-23(22)29)33-18-25(30)28-20-7-3-4-8-20/h5-6,9-14,17,20H,2-4,7-8,15-16,18H2,1H3,(H,27,31)(H,28,30). The van der Waals surface area contributed by atoms with Crippen molar-refractivity contribution in [2.24, 2.45) is 0 Å². The molecule has 1 aliphatic carbocycles. The fraction of sp³-hybridized carbons (Fsp3) is 0.385. The van der Waals surface area contributed by atoms with Crippen LogP contribution in [-0.4, -0.2) is 41.3 Å². The quantitative estimate of drug-likeness (QED) is 0.429. The van der Waals surface area contributed by atoms with E-state index in [9.17, 15) is 9.59 Å². The van der Waals surface area contributed by atoms with Crippen LogP contribution in [0.4, 0.5) is 0 Å². The Kier molecular flexibility index (Phi) is 7.94. The highest BCUT2D eigenvalue weighted by molar-refractivity contribution is 8.00. The first-order valence-electron chi connectivity index (χ1n) is 11.6. The Labute approximate surface area is 199 Å². The zero-order valence-corrected chi connectivity index (χ0v) is 19.8. The van der Waals surface area contributed by atoms with Crippen LogP contribution >= 0.6 is 11.8 Å². The molecule has 7 heteroatoms. The van der Waals surface area contributed by atoms with Crippen molar-refractivity contribution < 1.29 is 14.3 Å². The predicted molar refractivity (Wildman–Crippen MR) is 133 cm³/mol. The second kappa shape index (κ2) is 11.3. The number of fused-ring (bicyclic) bond motifs is 1. The molecule has 0 saturated heterocycles. The number of amides is 2. The highest BCUT2D eigenvalue weighted by Gasteiger charge is 2.18. The van der Waals surface area contributed by atoms with Gasteiger partial charge in [-0.3, -0.25) is 9.59 Å². The van der Waals surface area contributed by atoms with E-state index in [-0.39, 0.29) is 11.8 Å². The number of hydrogen-bond donors (Lipinski definition) is 2. The van der Waals surface area contributed by atoms with Gasteiger partial charge in [-0.1, -0.05) is 31.0 Å². The van der Waals surface area contributed by atoms with Crippen LogP contribution in [-0.2, 0) is 11.3 Å². The molecule has 0 bridgehead atoms. The molecule has 0 atom stereocenters.